The number of aryl methyl sites for hydroxylation is 4. The van der Waals surface area contributed by atoms with Crippen molar-refractivity contribution in [1.82, 2.24) is 9.97 Å². The normalized spacial score (nSPS) is 14.6. The van der Waals surface area contributed by atoms with Crippen molar-refractivity contribution in [2.24, 2.45) is 0 Å². The molecular formula is C18H23N3. The van der Waals surface area contributed by atoms with Crippen LogP contribution in [0.5, 0.6) is 0 Å². The molecule has 0 bridgehead atoms. The minimum atomic E-state index is 0.677. The van der Waals surface area contributed by atoms with Crippen LogP contribution in [0.2, 0.25) is 0 Å². The summed E-state index contributed by atoms with van der Waals surface area (Å²) in [6, 6.07) is 4.38. The van der Waals surface area contributed by atoms with Crippen molar-refractivity contribution in [3.05, 3.63) is 40.1 Å². The molecule has 2 aromatic rings. The molecular weight excluding hydrogens is 258 g/mol. The second-order valence-electron chi connectivity index (χ2n) is 6.19. The summed E-state index contributed by atoms with van der Waals surface area (Å²) < 4.78 is 0. The molecule has 2 N–H and O–H groups in total. The van der Waals surface area contributed by atoms with Crippen LogP contribution in [0.15, 0.2) is 12.1 Å². The first-order valence-corrected chi connectivity index (χ1v) is 7.79. The first-order valence-electron chi connectivity index (χ1n) is 7.79. The highest BCUT2D eigenvalue weighted by atomic mass is 15.0. The Bertz CT molecular complexity index is 666. The van der Waals surface area contributed by atoms with Crippen LogP contribution in [0.1, 0.15) is 47.2 Å². The largest absolute Gasteiger partial charge is 0.383 e. The van der Waals surface area contributed by atoms with E-state index in [1.54, 1.807) is 0 Å². The van der Waals surface area contributed by atoms with E-state index in [2.05, 4.69) is 37.9 Å². The molecule has 0 spiro atoms. The van der Waals surface area contributed by atoms with Crippen LogP contribution in [-0.2, 0) is 12.8 Å². The van der Waals surface area contributed by atoms with Gasteiger partial charge in [0.05, 0.1) is 0 Å². The molecule has 0 saturated heterocycles. The van der Waals surface area contributed by atoms with E-state index in [0.29, 0.717) is 5.82 Å². The van der Waals surface area contributed by atoms with E-state index in [1.165, 1.54) is 41.5 Å². The first kappa shape index (κ1) is 14.1. The Kier molecular flexibility index (Phi) is 3.66. The maximum Gasteiger partial charge on any atom is 0.162 e. The van der Waals surface area contributed by atoms with Gasteiger partial charge in [0.2, 0.25) is 0 Å². The van der Waals surface area contributed by atoms with Crippen LogP contribution >= 0.6 is 0 Å². The molecule has 3 nitrogen and oxygen atoms in total. The first-order chi connectivity index (χ1) is 10.1. The lowest BCUT2D eigenvalue weighted by atomic mass is 9.98. The van der Waals surface area contributed by atoms with Crippen molar-refractivity contribution in [2.75, 3.05) is 5.73 Å². The highest BCUT2D eigenvalue weighted by Crippen LogP contribution is 2.30. The lowest BCUT2D eigenvalue weighted by Crippen LogP contribution is -2.07. The van der Waals surface area contributed by atoms with Crippen molar-refractivity contribution in [1.29, 1.82) is 0 Å². The van der Waals surface area contributed by atoms with Gasteiger partial charge in [-0.1, -0.05) is 24.1 Å². The smallest absolute Gasteiger partial charge is 0.162 e. The SMILES string of the molecule is Cc1cc(C)c(-c2nc(N)c3c(n2)CCCCC3)c(C)c1. The van der Waals surface area contributed by atoms with Crippen LogP contribution in [0.25, 0.3) is 11.4 Å². The number of hydrogen-bond donors (Lipinski definition) is 1. The average Bonchev–Trinajstić information content (AvgIpc) is 2.63. The number of rotatable bonds is 1. The summed E-state index contributed by atoms with van der Waals surface area (Å²) in [6.07, 6.45) is 5.71. The molecule has 1 aliphatic carbocycles. The fourth-order valence-corrected chi connectivity index (χ4v) is 3.44. The quantitative estimate of drug-likeness (QED) is 0.806. The summed E-state index contributed by atoms with van der Waals surface area (Å²) in [6.45, 7) is 6.37. The minimum Gasteiger partial charge on any atom is -0.383 e. The molecule has 0 radical (unpaired) electrons. The van der Waals surface area contributed by atoms with Gasteiger partial charge in [-0.3, -0.25) is 0 Å². The predicted octanol–water partition coefficient (Wildman–Crippen LogP) is 3.92. The van der Waals surface area contributed by atoms with Gasteiger partial charge in [-0.15, -0.1) is 0 Å². The third-order valence-electron chi connectivity index (χ3n) is 4.37. The van der Waals surface area contributed by atoms with Crippen molar-refractivity contribution in [3.8, 4) is 11.4 Å². The summed E-state index contributed by atoms with van der Waals surface area (Å²) >= 11 is 0. The number of nitrogen functional groups attached to an aromatic ring is 1. The number of hydrogen-bond acceptors (Lipinski definition) is 3. The molecule has 1 aromatic heterocycles. The number of benzene rings is 1. The van der Waals surface area contributed by atoms with E-state index in [9.17, 15) is 0 Å². The van der Waals surface area contributed by atoms with Crippen LogP contribution in [0.4, 0.5) is 5.82 Å². The van der Waals surface area contributed by atoms with E-state index in [-0.39, 0.29) is 0 Å². The second kappa shape index (κ2) is 5.47. The number of anilines is 1. The molecule has 1 aliphatic rings. The number of nitrogens with zero attached hydrogens (tertiary/aromatic N) is 2. The highest BCUT2D eigenvalue weighted by Gasteiger charge is 2.17. The zero-order chi connectivity index (χ0) is 15.0. The fourth-order valence-electron chi connectivity index (χ4n) is 3.44. The number of fused-ring (bicyclic) bond motifs is 1. The van der Waals surface area contributed by atoms with E-state index < -0.39 is 0 Å². The molecule has 0 fully saturated rings. The molecule has 1 heterocycles. The fraction of sp³-hybridized carbons (Fsp3) is 0.444. The Morgan fingerprint density at radius 3 is 2.29 bits per heavy atom. The molecule has 0 unspecified atom stereocenters. The molecule has 0 saturated carbocycles. The molecule has 0 aliphatic heterocycles. The van der Waals surface area contributed by atoms with Crippen LogP contribution in [-0.4, -0.2) is 9.97 Å². The van der Waals surface area contributed by atoms with Crippen molar-refractivity contribution < 1.29 is 0 Å². The van der Waals surface area contributed by atoms with Crippen LogP contribution < -0.4 is 5.73 Å². The summed E-state index contributed by atoms with van der Waals surface area (Å²) in [5, 5.41) is 0. The maximum atomic E-state index is 6.23. The predicted molar refractivity (Wildman–Crippen MR) is 87.4 cm³/mol. The third kappa shape index (κ3) is 2.65. The molecule has 3 rings (SSSR count). The number of aromatic nitrogens is 2. The van der Waals surface area contributed by atoms with E-state index in [1.807, 2.05) is 0 Å². The molecule has 0 atom stereocenters. The lowest BCUT2D eigenvalue weighted by Gasteiger charge is -2.14. The van der Waals surface area contributed by atoms with Gasteiger partial charge in [0.1, 0.15) is 5.82 Å². The summed E-state index contributed by atoms with van der Waals surface area (Å²) in [7, 11) is 0. The molecule has 3 heteroatoms. The third-order valence-corrected chi connectivity index (χ3v) is 4.37. The zero-order valence-electron chi connectivity index (χ0n) is 13.2. The van der Waals surface area contributed by atoms with Gasteiger partial charge < -0.3 is 5.73 Å². The van der Waals surface area contributed by atoms with Gasteiger partial charge in [0, 0.05) is 16.8 Å². The number of nitrogens with two attached hydrogens (primary N) is 1. The summed E-state index contributed by atoms with van der Waals surface area (Å²) in [4.78, 5) is 9.48. The van der Waals surface area contributed by atoms with Gasteiger partial charge in [-0.2, -0.15) is 0 Å². The standard InChI is InChI=1S/C18H23N3/c1-11-9-12(2)16(13(3)10-11)18-20-15-8-6-4-5-7-14(15)17(19)21-18/h9-10H,4-8H2,1-3H3,(H2,19,20,21). The molecule has 0 amide bonds. The molecule has 1 aromatic carbocycles. The highest BCUT2D eigenvalue weighted by molar-refractivity contribution is 5.67. The Morgan fingerprint density at radius 2 is 1.57 bits per heavy atom. The summed E-state index contributed by atoms with van der Waals surface area (Å²) in [5.41, 5.74) is 13.4. The van der Waals surface area contributed by atoms with Gasteiger partial charge in [-0.25, -0.2) is 9.97 Å². The topological polar surface area (TPSA) is 51.8 Å². The average molecular weight is 281 g/mol. The van der Waals surface area contributed by atoms with Gasteiger partial charge in [0.15, 0.2) is 5.82 Å². The van der Waals surface area contributed by atoms with Gasteiger partial charge in [-0.05, 0) is 57.6 Å². The van der Waals surface area contributed by atoms with Crippen molar-refractivity contribution >= 4 is 5.82 Å². The zero-order valence-corrected chi connectivity index (χ0v) is 13.2. The Hall–Kier alpha value is -1.90. The van der Waals surface area contributed by atoms with E-state index in [4.69, 9.17) is 10.7 Å². The maximum absolute atomic E-state index is 6.23. The van der Waals surface area contributed by atoms with Gasteiger partial charge >= 0.3 is 0 Å². The Morgan fingerprint density at radius 1 is 0.905 bits per heavy atom. The van der Waals surface area contributed by atoms with E-state index >= 15 is 0 Å². The van der Waals surface area contributed by atoms with Crippen molar-refractivity contribution in [2.45, 2.75) is 52.9 Å². The van der Waals surface area contributed by atoms with Crippen LogP contribution in [0.3, 0.4) is 0 Å². The Balaban J connectivity index is 2.16. The monoisotopic (exact) mass is 281 g/mol. The molecule has 21 heavy (non-hydrogen) atoms. The Labute approximate surface area is 126 Å². The van der Waals surface area contributed by atoms with Crippen molar-refractivity contribution in [3.63, 3.8) is 0 Å². The van der Waals surface area contributed by atoms with Gasteiger partial charge in [0.25, 0.3) is 0 Å². The second-order valence-corrected chi connectivity index (χ2v) is 6.19. The minimum absolute atomic E-state index is 0.677. The van der Waals surface area contributed by atoms with Crippen LogP contribution in [0, 0.1) is 20.8 Å². The summed E-state index contributed by atoms with van der Waals surface area (Å²) in [5.74, 6) is 1.47. The van der Waals surface area contributed by atoms with E-state index in [0.717, 1.165) is 29.9 Å². The lowest BCUT2D eigenvalue weighted by molar-refractivity contribution is 0.709. The molecule has 110 valence electrons.